The first kappa shape index (κ1) is 20.5. The van der Waals surface area contributed by atoms with Gasteiger partial charge < -0.3 is 15.0 Å². The molecule has 0 bridgehead atoms. The molecule has 0 aliphatic carbocycles. The zero-order valence-electron chi connectivity index (χ0n) is 16.4. The molecule has 1 saturated heterocycles. The monoisotopic (exact) mass is 399 g/mol. The van der Waals surface area contributed by atoms with Crippen LogP contribution in [0.5, 0.6) is 0 Å². The second-order valence-corrected chi connectivity index (χ2v) is 6.83. The van der Waals surface area contributed by atoms with Crippen molar-refractivity contribution in [3.8, 4) is 0 Å². The van der Waals surface area contributed by atoms with Crippen molar-refractivity contribution in [3.05, 3.63) is 52.3 Å². The van der Waals surface area contributed by atoms with E-state index in [1.165, 1.54) is 6.33 Å². The lowest BCUT2D eigenvalue weighted by atomic mass is 9.97. The van der Waals surface area contributed by atoms with Crippen molar-refractivity contribution in [1.29, 1.82) is 0 Å². The van der Waals surface area contributed by atoms with Gasteiger partial charge in [0.15, 0.2) is 0 Å². The van der Waals surface area contributed by atoms with E-state index in [-0.39, 0.29) is 29.2 Å². The SMILES string of the molecule is CCOC(=O)C1CCN(c2ncnc(NCCc3ccccc3)c2[N+](=O)[O-])CC1. The van der Waals surface area contributed by atoms with Crippen molar-refractivity contribution in [1.82, 2.24) is 9.97 Å². The lowest BCUT2D eigenvalue weighted by Gasteiger charge is -2.31. The second-order valence-electron chi connectivity index (χ2n) is 6.83. The number of nitrogens with zero attached hydrogens (tertiary/aromatic N) is 4. The zero-order valence-corrected chi connectivity index (χ0v) is 16.4. The van der Waals surface area contributed by atoms with Gasteiger partial charge in [0, 0.05) is 19.6 Å². The maximum atomic E-state index is 11.9. The Labute approximate surface area is 169 Å². The smallest absolute Gasteiger partial charge is 0.353 e. The highest BCUT2D eigenvalue weighted by Crippen LogP contribution is 2.34. The highest BCUT2D eigenvalue weighted by molar-refractivity contribution is 5.74. The van der Waals surface area contributed by atoms with E-state index in [1.807, 2.05) is 35.2 Å². The number of esters is 1. The molecule has 2 heterocycles. The number of piperidine rings is 1. The normalized spacial score (nSPS) is 14.4. The number of benzene rings is 1. The Bertz CT molecular complexity index is 838. The van der Waals surface area contributed by atoms with Crippen LogP contribution in [0.3, 0.4) is 0 Å². The lowest BCUT2D eigenvalue weighted by molar-refractivity contribution is -0.383. The Kier molecular flexibility index (Phi) is 6.94. The standard InChI is InChI=1S/C20H25N5O4/c1-2-29-20(26)16-9-12-24(13-10-16)19-17(25(27)28)18(22-14-23-19)21-11-8-15-6-4-3-5-7-15/h3-7,14,16H,2,8-13H2,1H3,(H,21,22,23). The van der Waals surface area contributed by atoms with Crippen LogP contribution in [0.15, 0.2) is 36.7 Å². The summed E-state index contributed by atoms with van der Waals surface area (Å²) in [4.78, 5) is 33.3. The molecule has 9 heteroatoms. The van der Waals surface area contributed by atoms with E-state index in [9.17, 15) is 14.9 Å². The Morgan fingerprint density at radius 1 is 1.28 bits per heavy atom. The summed E-state index contributed by atoms with van der Waals surface area (Å²) < 4.78 is 5.08. The predicted octanol–water partition coefficient (Wildman–Crippen LogP) is 2.82. The number of hydrogen-bond donors (Lipinski definition) is 1. The number of aromatic nitrogens is 2. The number of carbonyl (C=O) groups is 1. The summed E-state index contributed by atoms with van der Waals surface area (Å²) in [6.07, 6.45) is 3.22. The third kappa shape index (κ3) is 5.18. The minimum Gasteiger partial charge on any atom is -0.466 e. The van der Waals surface area contributed by atoms with E-state index >= 15 is 0 Å². The molecule has 29 heavy (non-hydrogen) atoms. The summed E-state index contributed by atoms with van der Waals surface area (Å²) in [6, 6.07) is 9.88. The fourth-order valence-electron chi connectivity index (χ4n) is 3.46. The third-order valence-corrected chi connectivity index (χ3v) is 4.95. The molecule has 3 rings (SSSR count). The number of carbonyl (C=O) groups excluding carboxylic acids is 1. The van der Waals surface area contributed by atoms with Crippen molar-refractivity contribution >= 4 is 23.3 Å². The summed E-state index contributed by atoms with van der Waals surface area (Å²) in [5, 5.41) is 14.8. The van der Waals surface area contributed by atoms with Gasteiger partial charge in [-0.3, -0.25) is 14.9 Å². The van der Waals surface area contributed by atoms with Gasteiger partial charge in [-0.2, -0.15) is 0 Å². The average Bonchev–Trinajstić information content (AvgIpc) is 2.74. The van der Waals surface area contributed by atoms with Crippen LogP contribution in [0.2, 0.25) is 0 Å². The van der Waals surface area contributed by atoms with Crippen LogP contribution in [0.4, 0.5) is 17.3 Å². The lowest BCUT2D eigenvalue weighted by Crippen LogP contribution is -2.37. The number of nitro groups is 1. The number of nitrogens with one attached hydrogen (secondary N) is 1. The Morgan fingerprint density at radius 3 is 2.66 bits per heavy atom. The topological polar surface area (TPSA) is 110 Å². The minimum atomic E-state index is -0.447. The van der Waals surface area contributed by atoms with E-state index in [0.29, 0.717) is 39.1 Å². The second kappa shape index (κ2) is 9.81. The molecule has 154 valence electrons. The molecule has 0 saturated carbocycles. The fraction of sp³-hybridized carbons (Fsp3) is 0.450. The van der Waals surface area contributed by atoms with Crippen LogP contribution in [-0.4, -0.2) is 47.1 Å². The van der Waals surface area contributed by atoms with E-state index in [0.717, 1.165) is 12.0 Å². The summed E-state index contributed by atoms with van der Waals surface area (Å²) in [6.45, 7) is 3.67. The molecule has 1 fully saturated rings. The van der Waals surface area contributed by atoms with Crippen LogP contribution in [0, 0.1) is 16.0 Å². The Morgan fingerprint density at radius 2 is 2.00 bits per heavy atom. The molecule has 0 radical (unpaired) electrons. The van der Waals surface area contributed by atoms with Gasteiger partial charge in [0.05, 0.1) is 17.4 Å². The molecular weight excluding hydrogens is 374 g/mol. The van der Waals surface area contributed by atoms with Crippen molar-refractivity contribution in [2.24, 2.45) is 5.92 Å². The van der Waals surface area contributed by atoms with Crippen LogP contribution in [0.1, 0.15) is 25.3 Å². The molecule has 0 spiro atoms. The molecule has 0 unspecified atom stereocenters. The van der Waals surface area contributed by atoms with Crippen LogP contribution in [-0.2, 0) is 16.0 Å². The molecule has 1 aromatic heterocycles. The van der Waals surface area contributed by atoms with Gasteiger partial charge in [-0.1, -0.05) is 30.3 Å². The Hall–Kier alpha value is -3.23. The molecule has 2 aromatic rings. The third-order valence-electron chi connectivity index (χ3n) is 4.95. The van der Waals surface area contributed by atoms with Crippen molar-refractivity contribution < 1.29 is 14.5 Å². The van der Waals surface area contributed by atoms with Gasteiger partial charge in [0.1, 0.15) is 6.33 Å². The van der Waals surface area contributed by atoms with Gasteiger partial charge in [-0.05, 0) is 31.7 Å². The molecular formula is C20H25N5O4. The first-order chi connectivity index (χ1) is 14.1. The fourth-order valence-corrected chi connectivity index (χ4v) is 3.46. The van der Waals surface area contributed by atoms with E-state index in [4.69, 9.17) is 4.74 Å². The highest BCUT2D eigenvalue weighted by Gasteiger charge is 2.32. The number of rotatable bonds is 8. The van der Waals surface area contributed by atoms with Gasteiger partial charge >= 0.3 is 11.7 Å². The van der Waals surface area contributed by atoms with Gasteiger partial charge in [-0.15, -0.1) is 0 Å². The summed E-state index contributed by atoms with van der Waals surface area (Å²) in [7, 11) is 0. The molecule has 1 aromatic carbocycles. The Balaban J connectivity index is 1.69. The van der Waals surface area contributed by atoms with Gasteiger partial charge in [0.2, 0.25) is 11.6 Å². The summed E-state index contributed by atoms with van der Waals surface area (Å²) in [5.74, 6) is 0.126. The number of ether oxygens (including phenoxy) is 1. The molecule has 0 amide bonds. The van der Waals surface area contributed by atoms with Crippen LogP contribution >= 0.6 is 0 Å². The zero-order chi connectivity index (χ0) is 20.6. The molecule has 1 N–H and O–H groups in total. The van der Waals surface area contributed by atoms with Crippen molar-refractivity contribution in [3.63, 3.8) is 0 Å². The van der Waals surface area contributed by atoms with E-state index < -0.39 is 4.92 Å². The maximum Gasteiger partial charge on any atom is 0.353 e. The number of hydrogen-bond acceptors (Lipinski definition) is 8. The van der Waals surface area contributed by atoms with Crippen molar-refractivity contribution in [2.75, 3.05) is 36.5 Å². The van der Waals surface area contributed by atoms with E-state index in [2.05, 4.69) is 15.3 Å². The molecule has 1 aliphatic heterocycles. The quantitative estimate of drug-likeness (QED) is 0.410. The van der Waals surface area contributed by atoms with Crippen LogP contribution in [0.25, 0.3) is 0 Å². The summed E-state index contributed by atoms with van der Waals surface area (Å²) >= 11 is 0. The maximum absolute atomic E-state index is 11.9. The molecule has 0 atom stereocenters. The van der Waals surface area contributed by atoms with Crippen molar-refractivity contribution in [2.45, 2.75) is 26.2 Å². The van der Waals surface area contributed by atoms with Gasteiger partial charge in [0.25, 0.3) is 0 Å². The summed E-state index contributed by atoms with van der Waals surface area (Å²) in [5.41, 5.74) is 1.01. The van der Waals surface area contributed by atoms with E-state index in [1.54, 1.807) is 6.92 Å². The van der Waals surface area contributed by atoms with Crippen LogP contribution < -0.4 is 10.2 Å². The molecule has 9 nitrogen and oxygen atoms in total. The average molecular weight is 399 g/mol. The molecule has 1 aliphatic rings. The highest BCUT2D eigenvalue weighted by atomic mass is 16.6. The predicted molar refractivity (Wildman–Crippen MR) is 109 cm³/mol. The number of anilines is 2. The minimum absolute atomic E-state index is 0.129. The largest absolute Gasteiger partial charge is 0.466 e. The first-order valence-corrected chi connectivity index (χ1v) is 9.79. The first-order valence-electron chi connectivity index (χ1n) is 9.79. The van der Waals surface area contributed by atoms with Gasteiger partial charge in [-0.25, -0.2) is 9.97 Å².